The maximum Gasteiger partial charge on any atom is 0.573 e. The molecule has 0 radical (unpaired) electrons. The summed E-state index contributed by atoms with van der Waals surface area (Å²) < 4.78 is 82.7. The molecule has 10 nitrogen and oxygen atoms in total. The van der Waals surface area contributed by atoms with Gasteiger partial charge in [0.2, 0.25) is 11.8 Å². The predicted octanol–water partition coefficient (Wildman–Crippen LogP) is 6.87. The van der Waals surface area contributed by atoms with Crippen LogP contribution in [-0.4, -0.2) is 44.9 Å². The smallest absolute Gasteiger partial charge is 0.406 e. The van der Waals surface area contributed by atoms with Gasteiger partial charge in [0.05, 0.1) is 24.2 Å². The monoisotopic (exact) mass is 674 g/mol. The number of ether oxygens (including phenoxy) is 2. The summed E-state index contributed by atoms with van der Waals surface area (Å²) in [5.41, 5.74) is 2.12. The Labute approximate surface area is 269 Å². The van der Waals surface area contributed by atoms with Gasteiger partial charge in [-0.25, -0.2) is 0 Å². The van der Waals surface area contributed by atoms with Crippen molar-refractivity contribution in [3.05, 3.63) is 95.3 Å². The molecule has 2 heterocycles. The number of carbonyl (C=O) groups is 2. The van der Waals surface area contributed by atoms with E-state index in [4.69, 9.17) is 0 Å². The molecule has 2 N–H and O–H groups in total. The summed E-state index contributed by atoms with van der Waals surface area (Å²) >= 11 is 0. The topological polar surface area (TPSA) is 128 Å². The average molecular weight is 675 g/mol. The zero-order valence-corrected chi connectivity index (χ0v) is 25.0. The molecule has 252 valence electrons. The van der Waals surface area contributed by atoms with Gasteiger partial charge in [-0.2, -0.15) is 10.2 Å². The third kappa shape index (κ3) is 10.4. The average Bonchev–Trinajstić information content (AvgIpc) is 3.00. The number of halogens is 6. The van der Waals surface area contributed by atoms with Crippen molar-refractivity contribution >= 4 is 23.5 Å². The Morgan fingerprint density at radius 3 is 1.46 bits per heavy atom. The van der Waals surface area contributed by atoms with Crippen LogP contribution in [0.25, 0.3) is 0 Å². The summed E-state index contributed by atoms with van der Waals surface area (Å²) in [6.45, 7) is 0. The molecule has 1 aliphatic carbocycles. The second kappa shape index (κ2) is 14.6. The highest BCUT2D eigenvalue weighted by molar-refractivity contribution is 5.91. The number of nitrogens with zero attached hydrogens (tertiary/aromatic N) is 4. The van der Waals surface area contributed by atoms with Gasteiger partial charge in [0, 0.05) is 11.8 Å². The summed E-state index contributed by atoms with van der Waals surface area (Å²) in [6, 6.07) is 17.1. The number of alkyl halides is 6. The first-order valence-electron chi connectivity index (χ1n) is 14.7. The fourth-order valence-electron chi connectivity index (χ4n) is 5.43. The molecule has 1 fully saturated rings. The molecule has 2 atom stereocenters. The van der Waals surface area contributed by atoms with E-state index in [1.165, 1.54) is 24.3 Å². The Morgan fingerprint density at radius 2 is 1.08 bits per heavy atom. The zero-order chi connectivity index (χ0) is 34.3. The highest BCUT2D eigenvalue weighted by Gasteiger charge is 2.32. The van der Waals surface area contributed by atoms with Crippen LogP contribution < -0.4 is 20.1 Å². The van der Waals surface area contributed by atoms with Crippen LogP contribution in [0.5, 0.6) is 11.5 Å². The van der Waals surface area contributed by atoms with E-state index < -0.39 is 36.0 Å². The lowest BCUT2D eigenvalue weighted by atomic mass is 9.78. The van der Waals surface area contributed by atoms with Crippen molar-refractivity contribution in [2.45, 2.75) is 63.1 Å². The Hall–Kier alpha value is -5.28. The summed E-state index contributed by atoms with van der Waals surface area (Å²) in [4.78, 5) is 24.9. The Balaban J connectivity index is 1.11. The van der Waals surface area contributed by atoms with Crippen molar-refractivity contribution < 1.29 is 45.4 Å². The lowest BCUT2D eigenvalue weighted by Gasteiger charge is -2.28. The molecule has 1 aliphatic rings. The maximum atomic E-state index is 12.5. The van der Waals surface area contributed by atoms with E-state index >= 15 is 0 Å². The van der Waals surface area contributed by atoms with Crippen molar-refractivity contribution in [1.82, 2.24) is 20.4 Å². The zero-order valence-electron chi connectivity index (χ0n) is 25.0. The van der Waals surface area contributed by atoms with Gasteiger partial charge in [-0.1, -0.05) is 30.7 Å². The number of amides is 2. The molecular weight excluding hydrogens is 646 g/mol. The highest BCUT2D eigenvalue weighted by atomic mass is 19.4. The minimum absolute atomic E-state index is 0.0654. The molecule has 2 aromatic carbocycles. The molecule has 0 saturated heterocycles. The summed E-state index contributed by atoms with van der Waals surface area (Å²) in [5.74, 6) is -1.28. The molecule has 2 aromatic heterocycles. The van der Waals surface area contributed by atoms with Crippen molar-refractivity contribution in [1.29, 1.82) is 0 Å². The van der Waals surface area contributed by atoms with E-state index in [1.807, 2.05) is 0 Å². The van der Waals surface area contributed by atoms with E-state index in [9.17, 15) is 35.9 Å². The fourth-order valence-corrected chi connectivity index (χ4v) is 5.43. The molecule has 2 amide bonds. The second-order valence-corrected chi connectivity index (χ2v) is 11.1. The van der Waals surface area contributed by atoms with Crippen LogP contribution in [0.3, 0.4) is 0 Å². The number of aromatic nitrogens is 4. The normalized spacial score (nSPS) is 16.5. The SMILES string of the molecule is O=C(Cc1cccc(OC(F)(F)F)c1)Nc1ccc(C2CCCC(c3ccc(NC(=O)Cc4cccc(OC(F)(F)F)c4)nn3)C2)nn1. The van der Waals surface area contributed by atoms with Crippen molar-refractivity contribution in [2.75, 3.05) is 10.6 Å². The van der Waals surface area contributed by atoms with Crippen LogP contribution in [0.1, 0.15) is 60.0 Å². The molecule has 2 unspecified atom stereocenters. The third-order valence-corrected chi connectivity index (χ3v) is 7.41. The quantitative estimate of drug-likeness (QED) is 0.175. The number of hydrogen-bond donors (Lipinski definition) is 2. The van der Waals surface area contributed by atoms with E-state index in [2.05, 4.69) is 40.5 Å². The summed E-state index contributed by atoms with van der Waals surface area (Å²) in [6.07, 6.45) is -6.72. The van der Waals surface area contributed by atoms with Gasteiger partial charge in [-0.05, 0) is 78.9 Å². The second-order valence-electron chi connectivity index (χ2n) is 11.1. The number of rotatable bonds is 10. The molecule has 1 saturated carbocycles. The fraction of sp³-hybridized carbons (Fsp3) is 0.312. The largest absolute Gasteiger partial charge is 0.573 e. The number of hydrogen-bond acceptors (Lipinski definition) is 8. The molecular formula is C32H28F6N6O4. The standard InChI is InChI=1S/C32H28F6N6O4/c33-31(34,35)47-23-8-1-4-19(14-23)16-29(45)39-27-12-10-25(41-43-27)21-6-3-7-22(18-21)26-11-13-28(44-42-26)40-30(46)17-20-5-2-9-24(15-20)48-32(36,37)38/h1-2,4-5,8-15,21-22H,3,6-7,16-18H2,(H,39,43,45)(H,40,44,46). The minimum Gasteiger partial charge on any atom is -0.406 e. The number of benzene rings is 2. The van der Waals surface area contributed by atoms with Gasteiger partial charge in [-0.15, -0.1) is 36.5 Å². The van der Waals surface area contributed by atoms with Crippen LogP contribution in [-0.2, 0) is 22.4 Å². The Morgan fingerprint density at radius 1 is 0.646 bits per heavy atom. The summed E-state index contributed by atoms with van der Waals surface area (Å²) in [5, 5.41) is 22.0. The van der Waals surface area contributed by atoms with Gasteiger partial charge in [0.1, 0.15) is 11.5 Å². The first-order chi connectivity index (χ1) is 22.8. The van der Waals surface area contributed by atoms with E-state index in [0.29, 0.717) is 17.5 Å². The van der Waals surface area contributed by atoms with E-state index in [0.717, 1.165) is 54.9 Å². The van der Waals surface area contributed by atoms with Gasteiger partial charge < -0.3 is 20.1 Å². The molecule has 16 heteroatoms. The highest BCUT2D eigenvalue weighted by Crippen LogP contribution is 2.40. The van der Waals surface area contributed by atoms with Gasteiger partial charge in [-0.3, -0.25) is 9.59 Å². The van der Waals surface area contributed by atoms with Gasteiger partial charge in [0.15, 0.2) is 11.6 Å². The van der Waals surface area contributed by atoms with Crippen molar-refractivity contribution in [2.24, 2.45) is 0 Å². The minimum atomic E-state index is -4.84. The number of carbonyl (C=O) groups excluding carboxylic acids is 2. The summed E-state index contributed by atoms with van der Waals surface area (Å²) in [7, 11) is 0. The molecule has 48 heavy (non-hydrogen) atoms. The number of nitrogens with one attached hydrogen (secondary N) is 2. The molecule has 5 rings (SSSR count). The Kier molecular flexibility index (Phi) is 10.4. The first kappa shape index (κ1) is 34.1. The molecule has 0 bridgehead atoms. The maximum absolute atomic E-state index is 12.5. The predicted molar refractivity (Wildman–Crippen MR) is 159 cm³/mol. The van der Waals surface area contributed by atoms with Crippen LogP contribution in [0.15, 0.2) is 72.8 Å². The first-order valence-corrected chi connectivity index (χ1v) is 14.7. The lowest BCUT2D eigenvalue weighted by molar-refractivity contribution is -0.275. The van der Waals surface area contributed by atoms with Crippen molar-refractivity contribution in [3.63, 3.8) is 0 Å². The molecule has 0 aliphatic heterocycles. The van der Waals surface area contributed by atoms with Crippen LogP contribution in [0.2, 0.25) is 0 Å². The lowest BCUT2D eigenvalue weighted by Crippen LogP contribution is -2.19. The van der Waals surface area contributed by atoms with E-state index in [-0.39, 0.29) is 36.3 Å². The molecule has 4 aromatic rings. The van der Waals surface area contributed by atoms with Gasteiger partial charge in [0.25, 0.3) is 0 Å². The van der Waals surface area contributed by atoms with Crippen molar-refractivity contribution in [3.8, 4) is 11.5 Å². The van der Waals surface area contributed by atoms with Crippen LogP contribution in [0, 0.1) is 0 Å². The van der Waals surface area contributed by atoms with Crippen LogP contribution in [0.4, 0.5) is 38.0 Å². The van der Waals surface area contributed by atoms with E-state index in [1.54, 1.807) is 24.3 Å². The number of anilines is 2. The van der Waals surface area contributed by atoms with Crippen LogP contribution >= 0.6 is 0 Å². The Bertz CT molecular complexity index is 1590. The third-order valence-electron chi connectivity index (χ3n) is 7.41. The van der Waals surface area contributed by atoms with Gasteiger partial charge >= 0.3 is 12.7 Å². The molecule has 0 spiro atoms.